The van der Waals surface area contributed by atoms with Crippen LogP contribution in [0.5, 0.6) is 0 Å². The third kappa shape index (κ3) is 5.88. The Balaban J connectivity index is 0.904. The third-order valence-corrected chi connectivity index (χ3v) is 12.4. The van der Waals surface area contributed by atoms with Gasteiger partial charge in [-0.15, -0.1) is 0 Å². The Bertz CT molecular complexity index is 3910. The lowest BCUT2D eigenvalue weighted by atomic mass is 9.97. The van der Waals surface area contributed by atoms with Crippen molar-refractivity contribution in [3.05, 3.63) is 212 Å². The number of benzene rings is 9. The molecule has 0 N–H and O–H groups in total. The maximum Gasteiger partial charge on any atom is 0.164 e. The van der Waals surface area contributed by atoms with Crippen LogP contribution < -0.4 is 0 Å². The lowest BCUT2D eigenvalue weighted by molar-refractivity contribution is 0.672. The minimum Gasteiger partial charge on any atom is -0.455 e. The van der Waals surface area contributed by atoms with Crippen LogP contribution in [-0.2, 0) is 0 Å². The van der Waals surface area contributed by atoms with Crippen molar-refractivity contribution >= 4 is 65.4 Å². The Morgan fingerprint density at radius 1 is 0.344 bits per heavy atom. The molecule has 6 heteroatoms. The van der Waals surface area contributed by atoms with Crippen LogP contribution in [0.25, 0.3) is 128 Å². The van der Waals surface area contributed by atoms with Gasteiger partial charge in [0.25, 0.3) is 0 Å². The molecule has 13 aromatic rings. The molecule has 0 saturated heterocycles. The quantitative estimate of drug-likeness (QED) is 0.156. The zero-order valence-electron chi connectivity index (χ0n) is 34.4. The molecule has 0 bridgehead atoms. The van der Waals surface area contributed by atoms with E-state index in [2.05, 4.69) is 174 Å². The van der Waals surface area contributed by atoms with E-state index in [0.29, 0.717) is 17.5 Å². The highest BCUT2D eigenvalue weighted by Crippen LogP contribution is 2.41. The first-order valence-corrected chi connectivity index (χ1v) is 21.5. The highest BCUT2D eigenvalue weighted by atomic mass is 16.3. The lowest BCUT2D eigenvalue weighted by Crippen LogP contribution is -2.01. The third-order valence-electron chi connectivity index (χ3n) is 12.4. The van der Waals surface area contributed by atoms with Gasteiger partial charge in [-0.1, -0.05) is 164 Å². The molecule has 4 heterocycles. The summed E-state index contributed by atoms with van der Waals surface area (Å²) in [6, 6.07) is 73.9. The summed E-state index contributed by atoms with van der Waals surface area (Å²) in [6.07, 6.45) is 0. The largest absolute Gasteiger partial charge is 0.455 e. The average Bonchev–Trinajstić information content (AvgIpc) is 3.93. The molecule has 13 rings (SSSR count). The van der Waals surface area contributed by atoms with Crippen molar-refractivity contribution in [2.24, 2.45) is 0 Å². The second-order valence-corrected chi connectivity index (χ2v) is 16.2. The van der Waals surface area contributed by atoms with Gasteiger partial charge in [0.2, 0.25) is 0 Å². The molecule has 0 amide bonds. The van der Waals surface area contributed by atoms with Crippen LogP contribution in [0.3, 0.4) is 0 Å². The zero-order valence-corrected chi connectivity index (χ0v) is 34.4. The molecule has 6 nitrogen and oxygen atoms in total. The van der Waals surface area contributed by atoms with E-state index in [1.54, 1.807) is 0 Å². The summed E-state index contributed by atoms with van der Waals surface area (Å²) < 4.78 is 8.94. The van der Waals surface area contributed by atoms with Crippen LogP contribution in [0.2, 0.25) is 0 Å². The van der Waals surface area contributed by atoms with E-state index in [4.69, 9.17) is 24.4 Å². The minimum absolute atomic E-state index is 0.605. The van der Waals surface area contributed by atoms with E-state index in [9.17, 15) is 0 Å². The molecule has 0 aliphatic carbocycles. The number of para-hydroxylation sites is 3. The standard InChI is InChI=1S/C58H35N5O/c1-2-14-37(15-3-1)56-60-57(62-58(61-56)43-20-13-21-44(33-43)63-50-25-9-6-22-45(50)46-23-7-10-26-51(46)63)38-30-28-36(29-31-38)39-18-12-19-42(32-39)54-53-47-24-8-11-27-52(47)64-55(53)48-34-40-16-4-5-17-41(40)35-49(48)59-54/h1-35H. The van der Waals surface area contributed by atoms with Crippen molar-refractivity contribution in [2.45, 2.75) is 0 Å². The Hall–Kier alpha value is -8.74. The molecular weight excluding hydrogens is 783 g/mol. The molecule has 9 aromatic carbocycles. The first-order chi connectivity index (χ1) is 31.7. The van der Waals surface area contributed by atoms with E-state index >= 15 is 0 Å². The van der Waals surface area contributed by atoms with E-state index < -0.39 is 0 Å². The molecule has 0 radical (unpaired) electrons. The summed E-state index contributed by atoms with van der Waals surface area (Å²) in [6.45, 7) is 0. The van der Waals surface area contributed by atoms with Gasteiger partial charge in [0, 0.05) is 49.5 Å². The highest BCUT2D eigenvalue weighted by Gasteiger charge is 2.20. The summed E-state index contributed by atoms with van der Waals surface area (Å²) >= 11 is 0. The molecule has 0 spiro atoms. The number of fused-ring (bicyclic) bond motifs is 9. The van der Waals surface area contributed by atoms with E-state index in [-0.39, 0.29) is 0 Å². The van der Waals surface area contributed by atoms with Crippen LogP contribution in [0.15, 0.2) is 217 Å². The minimum atomic E-state index is 0.605. The van der Waals surface area contributed by atoms with Crippen molar-refractivity contribution in [1.29, 1.82) is 0 Å². The van der Waals surface area contributed by atoms with Gasteiger partial charge in [-0.05, 0) is 70.4 Å². The van der Waals surface area contributed by atoms with Crippen LogP contribution in [0, 0.1) is 0 Å². The van der Waals surface area contributed by atoms with Crippen molar-refractivity contribution in [3.8, 4) is 62.2 Å². The molecular formula is C58H35N5O. The average molecular weight is 818 g/mol. The van der Waals surface area contributed by atoms with Crippen molar-refractivity contribution in [2.75, 3.05) is 0 Å². The Kier molecular flexibility index (Phi) is 8.11. The molecule has 64 heavy (non-hydrogen) atoms. The first-order valence-electron chi connectivity index (χ1n) is 21.5. The fourth-order valence-electron chi connectivity index (χ4n) is 9.35. The van der Waals surface area contributed by atoms with Crippen LogP contribution in [0.1, 0.15) is 0 Å². The predicted molar refractivity (Wildman–Crippen MR) is 261 cm³/mol. The van der Waals surface area contributed by atoms with Crippen molar-refractivity contribution in [3.63, 3.8) is 0 Å². The van der Waals surface area contributed by atoms with Gasteiger partial charge in [0.15, 0.2) is 17.5 Å². The predicted octanol–water partition coefficient (Wildman–Crippen LogP) is 14.9. The summed E-state index contributed by atoms with van der Waals surface area (Å²) in [5.41, 5.74) is 12.7. The van der Waals surface area contributed by atoms with Crippen LogP contribution >= 0.6 is 0 Å². The van der Waals surface area contributed by atoms with Gasteiger partial charge in [-0.25, -0.2) is 19.9 Å². The first kappa shape index (κ1) is 36.0. The number of nitrogens with zero attached hydrogens (tertiary/aromatic N) is 5. The van der Waals surface area contributed by atoms with E-state index in [1.165, 1.54) is 10.8 Å². The molecule has 0 saturated carbocycles. The second-order valence-electron chi connectivity index (χ2n) is 16.2. The van der Waals surface area contributed by atoms with E-state index in [1.807, 2.05) is 42.5 Å². The molecule has 0 fully saturated rings. The molecule has 298 valence electrons. The smallest absolute Gasteiger partial charge is 0.164 e. The lowest BCUT2D eigenvalue weighted by Gasteiger charge is -2.12. The van der Waals surface area contributed by atoms with Gasteiger partial charge in [0.05, 0.1) is 27.6 Å². The number of hydrogen-bond acceptors (Lipinski definition) is 5. The highest BCUT2D eigenvalue weighted by molar-refractivity contribution is 6.20. The monoisotopic (exact) mass is 817 g/mol. The maximum atomic E-state index is 6.62. The molecule has 0 unspecified atom stereocenters. The van der Waals surface area contributed by atoms with Gasteiger partial charge >= 0.3 is 0 Å². The van der Waals surface area contributed by atoms with Crippen LogP contribution in [-0.4, -0.2) is 24.5 Å². The van der Waals surface area contributed by atoms with Gasteiger partial charge in [0.1, 0.15) is 11.2 Å². The number of furan rings is 1. The topological polar surface area (TPSA) is 69.6 Å². The number of hydrogen-bond donors (Lipinski definition) is 0. The Morgan fingerprint density at radius 2 is 0.891 bits per heavy atom. The summed E-state index contributed by atoms with van der Waals surface area (Å²) in [7, 11) is 0. The molecule has 0 atom stereocenters. The summed E-state index contributed by atoms with van der Waals surface area (Å²) in [5, 5.41) is 7.82. The number of rotatable bonds is 6. The zero-order chi connectivity index (χ0) is 42.1. The fraction of sp³-hybridized carbons (Fsp3) is 0. The van der Waals surface area contributed by atoms with Crippen molar-refractivity contribution < 1.29 is 4.42 Å². The molecule has 0 aliphatic rings. The summed E-state index contributed by atoms with van der Waals surface area (Å²) in [4.78, 5) is 20.6. The Morgan fingerprint density at radius 3 is 1.64 bits per heavy atom. The van der Waals surface area contributed by atoms with E-state index in [0.717, 1.165) is 99.4 Å². The fourth-order valence-corrected chi connectivity index (χ4v) is 9.35. The second kappa shape index (κ2) is 14.4. The van der Waals surface area contributed by atoms with Gasteiger partial charge in [-0.2, -0.15) is 0 Å². The van der Waals surface area contributed by atoms with Gasteiger partial charge < -0.3 is 8.98 Å². The number of aromatic nitrogens is 5. The normalized spacial score (nSPS) is 11.8. The number of pyridine rings is 1. The van der Waals surface area contributed by atoms with Crippen LogP contribution in [0.4, 0.5) is 0 Å². The molecule has 0 aliphatic heterocycles. The van der Waals surface area contributed by atoms with Gasteiger partial charge in [-0.3, -0.25) is 0 Å². The van der Waals surface area contributed by atoms with Crippen molar-refractivity contribution in [1.82, 2.24) is 24.5 Å². The molecule has 4 aromatic heterocycles. The maximum absolute atomic E-state index is 6.62. The Labute approximate surface area is 367 Å². The SMILES string of the molecule is c1ccc(-c2nc(-c3ccc(-c4cccc(-c5nc6cc7ccccc7cc6c6oc7ccccc7c56)c4)cc3)nc(-c3cccc(-n4c5ccccc5c5ccccc54)c3)n2)cc1. The summed E-state index contributed by atoms with van der Waals surface area (Å²) in [5.74, 6) is 1.83.